The molecular formula is C13H20N2O2. The highest BCUT2D eigenvalue weighted by atomic mass is 16.5. The van der Waals surface area contributed by atoms with Crippen molar-refractivity contribution >= 4 is 0 Å². The monoisotopic (exact) mass is 236 g/mol. The van der Waals surface area contributed by atoms with Gasteiger partial charge < -0.3 is 9.84 Å². The van der Waals surface area contributed by atoms with Crippen molar-refractivity contribution in [2.45, 2.75) is 32.4 Å². The number of nitrogens with zero attached hydrogens (tertiary/aromatic N) is 2. The molecule has 0 saturated carbocycles. The second-order valence-corrected chi connectivity index (χ2v) is 4.47. The summed E-state index contributed by atoms with van der Waals surface area (Å²) in [5, 5.41) is 9.18. The van der Waals surface area contributed by atoms with Gasteiger partial charge in [-0.05, 0) is 31.5 Å². The minimum Gasteiger partial charge on any atom is -0.506 e. The van der Waals surface area contributed by atoms with E-state index < -0.39 is 0 Å². The van der Waals surface area contributed by atoms with E-state index in [1.807, 2.05) is 6.07 Å². The average Bonchev–Trinajstić information content (AvgIpc) is 2.84. The summed E-state index contributed by atoms with van der Waals surface area (Å²) < 4.78 is 5.64. The Bertz CT molecular complexity index is 334. The molecule has 1 aromatic rings. The summed E-state index contributed by atoms with van der Waals surface area (Å²) in [7, 11) is 0. The third-order valence-corrected chi connectivity index (χ3v) is 3.13. The summed E-state index contributed by atoms with van der Waals surface area (Å²) in [5.74, 6) is 0.218. The van der Waals surface area contributed by atoms with Crippen LogP contribution in [0.15, 0.2) is 18.3 Å². The van der Waals surface area contributed by atoms with Gasteiger partial charge in [0, 0.05) is 19.7 Å². The Hall–Kier alpha value is -1.13. The molecule has 0 bridgehead atoms. The number of aromatic nitrogens is 1. The van der Waals surface area contributed by atoms with Gasteiger partial charge in [0.1, 0.15) is 5.75 Å². The van der Waals surface area contributed by atoms with Crippen LogP contribution in [0, 0.1) is 0 Å². The molecule has 1 aliphatic heterocycles. The lowest BCUT2D eigenvalue weighted by atomic mass is 10.2. The molecule has 94 valence electrons. The standard InChI is InChI=1S/C13H20N2O2/c1-2-15(10-13-4-3-7-17-13)9-11-5-6-12(16)8-14-11/h5-6,8,13,16H,2-4,7,9-10H2,1H3. The fourth-order valence-corrected chi connectivity index (χ4v) is 2.12. The number of ether oxygens (including phenoxy) is 1. The molecule has 1 aliphatic rings. The first-order chi connectivity index (χ1) is 8.28. The van der Waals surface area contributed by atoms with E-state index >= 15 is 0 Å². The van der Waals surface area contributed by atoms with Crippen LogP contribution >= 0.6 is 0 Å². The molecule has 1 saturated heterocycles. The van der Waals surface area contributed by atoms with Gasteiger partial charge in [0.2, 0.25) is 0 Å². The first-order valence-electron chi connectivity index (χ1n) is 6.25. The highest BCUT2D eigenvalue weighted by Crippen LogP contribution is 2.15. The molecule has 0 aliphatic carbocycles. The topological polar surface area (TPSA) is 45.6 Å². The number of aromatic hydroxyl groups is 1. The second kappa shape index (κ2) is 5.98. The van der Waals surface area contributed by atoms with Crippen molar-refractivity contribution < 1.29 is 9.84 Å². The maximum Gasteiger partial charge on any atom is 0.133 e. The first-order valence-corrected chi connectivity index (χ1v) is 6.25. The van der Waals surface area contributed by atoms with Gasteiger partial charge in [-0.3, -0.25) is 9.88 Å². The molecule has 1 aromatic heterocycles. The van der Waals surface area contributed by atoms with E-state index in [4.69, 9.17) is 4.74 Å². The summed E-state index contributed by atoms with van der Waals surface area (Å²) >= 11 is 0. The zero-order valence-electron chi connectivity index (χ0n) is 10.3. The van der Waals surface area contributed by atoms with Crippen molar-refractivity contribution in [3.05, 3.63) is 24.0 Å². The molecule has 17 heavy (non-hydrogen) atoms. The number of hydrogen-bond acceptors (Lipinski definition) is 4. The van der Waals surface area contributed by atoms with E-state index in [2.05, 4.69) is 16.8 Å². The van der Waals surface area contributed by atoms with Crippen molar-refractivity contribution in [2.75, 3.05) is 19.7 Å². The van der Waals surface area contributed by atoms with Crippen molar-refractivity contribution in [3.63, 3.8) is 0 Å². The molecule has 0 aromatic carbocycles. The van der Waals surface area contributed by atoms with Gasteiger partial charge in [0.05, 0.1) is 18.0 Å². The molecule has 0 spiro atoms. The van der Waals surface area contributed by atoms with Gasteiger partial charge in [-0.1, -0.05) is 6.92 Å². The highest BCUT2D eigenvalue weighted by molar-refractivity contribution is 5.17. The van der Waals surface area contributed by atoms with Crippen LogP contribution in [-0.2, 0) is 11.3 Å². The predicted molar refractivity (Wildman–Crippen MR) is 65.8 cm³/mol. The largest absolute Gasteiger partial charge is 0.506 e. The van der Waals surface area contributed by atoms with Crippen molar-refractivity contribution in [1.82, 2.24) is 9.88 Å². The minimum atomic E-state index is 0.218. The molecular weight excluding hydrogens is 216 g/mol. The predicted octanol–water partition coefficient (Wildman–Crippen LogP) is 1.79. The van der Waals surface area contributed by atoms with E-state index in [1.54, 1.807) is 6.07 Å². The molecule has 1 N–H and O–H groups in total. The van der Waals surface area contributed by atoms with Gasteiger partial charge in [-0.25, -0.2) is 0 Å². The Labute approximate surface area is 102 Å². The van der Waals surface area contributed by atoms with Gasteiger partial charge in [0.25, 0.3) is 0 Å². The van der Waals surface area contributed by atoms with E-state index in [-0.39, 0.29) is 5.75 Å². The van der Waals surface area contributed by atoms with Gasteiger partial charge in [-0.2, -0.15) is 0 Å². The fraction of sp³-hybridized carbons (Fsp3) is 0.615. The Morgan fingerprint density at radius 2 is 2.41 bits per heavy atom. The lowest BCUT2D eigenvalue weighted by Crippen LogP contribution is -2.31. The zero-order valence-corrected chi connectivity index (χ0v) is 10.3. The third kappa shape index (κ3) is 3.68. The van der Waals surface area contributed by atoms with Gasteiger partial charge >= 0.3 is 0 Å². The van der Waals surface area contributed by atoms with Crippen LogP contribution in [0.1, 0.15) is 25.5 Å². The summed E-state index contributed by atoms with van der Waals surface area (Å²) in [6.07, 6.45) is 4.22. The molecule has 2 heterocycles. The summed E-state index contributed by atoms with van der Waals surface area (Å²) in [5.41, 5.74) is 0.989. The van der Waals surface area contributed by atoms with Crippen LogP contribution < -0.4 is 0 Å². The molecule has 0 radical (unpaired) electrons. The highest BCUT2D eigenvalue weighted by Gasteiger charge is 2.18. The van der Waals surface area contributed by atoms with Gasteiger partial charge in [0.15, 0.2) is 0 Å². The van der Waals surface area contributed by atoms with Crippen LogP contribution in [-0.4, -0.2) is 40.8 Å². The molecule has 2 rings (SSSR count). The van der Waals surface area contributed by atoms with Crippen LogP contribution in [0.25, 0.3) is 0 Å². The van der Waals surface area contributed by atoms with Crippen LogP contribution in [0.5, 0.6) is 5.75 Å². The van der Waals surface area contributed by atoms with Crippen LogP contribution in [0.3, 0.4) is 0 Å². The SMILES string of the molecule is CCN(Cc1ccc(O)cn1)CC1CCCO1. The van der Waals surface area contributed by atoms with Crippen molar-refractivity contribution in [1.29, 1.82) is 0 Å². The first kappa shape index (κ1) is 12.3. The van der Waals surface area contributed by atoms with Crippen LogP contribution in [0.4, 0.5) is 0 Å². The average molecular weight is 236 g/mol. The quantitative estimate of drug-likeness (QED) is 0.846. The smallest absolute Gasteiger partial charge is 0.133 e. The second-order valence-electron chi connectivity index (χ2n) is 4.47. The Kier molecular flexibility index (Phi) is 4.34. The molecule has 1 atom stereocenters. The third-order valence-electron chi connectivity index (χ3n) is 3.13. The van der Waals surface area contributed by atoms with Crippen molar-refractivity contribution in [2.24, 2.45) is 0 Å². The lowest BCUT2D eigenvalue weighted by molar-refractivity contribution is 0.0721. The Morgan fingerprint density at radius 3 is 3.00 bits per heavy atom. The molecule has 1 fully saturated rings. The number of likely N-dealkylation sites (N-methyl/N-ethyl adjacent to an activating group) is 1. The lowest BCUT2D eigenvalue weighted by Gasteiger charge is -2.23. The molecule has 0 amide bonds. The summed E-state index contributed by atoms with van der Waals surface area (Å²) in [4.78, 5) is 6.54. The van der Waals surface area contributed by atoms with E-state index in [0.717, 1.165) is 31.9 Å². The fourth-order valence-electron chi connectivity index (χ4n) is 2.12. The van der Waals surface area contributed by atoms with E-state index in [0.29, 0.717) is 6.10 Å². The summed E-state index contributed by atoms with van der Waals surface area (Å²) in [6.45, 7) is 5.83. The Balaban J connectivity index is 1.87. The minimum absolute atomic E-state index is 0.218. The molecule has 4 heteroatoms. The molecule has 1 unspecified atom stereocenters. The van der Waals surface area contributed by atoms with Gasteiger partial charge in [-0.15, -0.1) is 0 Å². The maximum atomic E-state index is 9.18. The number of rotatable bonds is 5. The normalized spacial score (nSPS) is 20.0. The number of hydrogen-bond donors (Lipinski definition) is 1. The summed E-state index contributed by atoms with van der Waals surface area (Å²) in [6, 6.07) is 3.55. The number of pyridine rings is 1. The maximum absolute atomic E-state index is 9.18. The Morgan fingerprint density at radius 1 is 1.53 bits per heavy atom. The molecule has 4 nitrogen and oxygen atoms in total. The van der Waals surface area contributed by atoms with Crippen molar-refractivity contribution in [3.8, 4) is 5.75 Å². The zero-order chi connectivity index (χ0) is 12.1. The van der Waals surface area contributed by atoms with E-state index in [9.17, 15) is 5.11 Å². The van der Waals surface area contributed by atoms with Crippen LogP contribution in [0.2, 0.25) is 0 Å². The van der Waals surface area contributed by atoms with E-state index in [1.165, 1.54) is 19.0 Å².